The van der Waals surface area contributed by atoms with Gasteiger partial charge in [-0.1, -0.05) is 156 Å². The Morgan fingerprint density at radius 1 is 0.571 bits per heavy atom. The quantitative estimate of drug-likeness (QED) is 0.0288. The minimum Gasteiger partial charge on any atom is -0.461 e. The summed E-state index contributed by atoms with van der Waals surface area (Å²) >= 11 is 0. The minimum atomic E-state index is -0.322. The molecule has 0 aromatic carbocycles. The average Bonchev–Trinajstić information content (AvgIpc) is 3.12. The lowest BCUT2D eigenvalue weighted by Crippen LogP contribution is -2.37. The van der Waals surface area contributed by atoms with Crippen molar-refractivity contribution < 1.29 is 28.6 Å². The van der Waals surface area contributed by atoms with Crippen molar-refractivity contribution in [1.29, 1.82) is 0 Å². The third kappa shape index (κ3) is 37.2. The zero-order chi connectivity index (χ0) is 41.8. The Hall–Kier alpha value is -2.35. The van der Waals surface area contributed by atoms with Gasteiger partial charge in [0.15, 0.2) is 0 Å². The van der Waals surface area contributed by atoms with Crippen LogP contribution in [-0.2, 0) is 23.8 Å². The van der Waals surface area contributed by atoms with E-state index in [-0.39, 0.29) is 28.9 Å². The van der Waals surface area contributed by atoms with Crippen LogP contribution < -0.4 is 5.32 Å². The van der Waals surface area contributed by atoms with Crippen LogP contribution in [0.3, 0.4) is 0 Å². The highest BCUT2D eigenvalue weighted by atomic mass is 16.5. The number of alkyl carbamates (subject to hydrolysis) is 1. The number of amides is 1. The van der Waals surface area contributed by atoms with Crippen LogP contribution in [0.25, 0.3) is 0 Å². The van der Waals surface area contributed by atoms with Gasteiger partial charge in [-0.25, -0.2) is 4.79 Å². The highest BCUT2D eigenvalue weighted by molar-refractivity contribution is 5.69. The van der Waals surface area contributed by atoms with Crippen molar-refractivity contribution in [3.05, 3.63) is 24.3 Å². The third-order valence-electron chi connectivity index (χ3n) is 10.3. The molecule has 0 spiro atoms. The van der Waals surface area contributed by atoms with Gasteiger partial charge in [-0.05, 0) is 88.6 Å². The average molecular weight is 791 g/mol. The minimum absolute atomic E-state index is 0.101. The molecule has 1 amide bonds. The van der Waals surface area contributed by atoms with E-state index >= 15 is 0 Å². The lowest BCUT2D eigenvalue weighted by molar-refractivity contribution is -0.143. The molecule has 56 heavy (non-hydrogen) atoms. The summed E-state index contributed by atoms with van der Waals surface area (Å²) in [6.07, 6.45) is 34.5. The van der Waals surface area contributed by atoms with Gasteiger partial charge in [-0.15, -0.1) is 0 Å². The second kappa shape index (κ2) is 35.8. The Bertz CT molecular complexity index is 969. The lowest BCUT2D eigenvalue weighted by atomic mass is 9.75. The molecule has 0 aromatic rings. The second-order valence-electron chi connectivity index (χ2n) is 18.2. The van der Waals surface area contributed by atoms with Crippen LogP contribution in [-0.4, -0.2) is 69.9 Å². The first kappa shape index (κ1) is 53.6. The standard InChI is InChI=1S/C48H90N2O6/c1-9-11-13-15-17-25-31-37-54-44(51)35-29-23-19-21-27-33-43(39-49-46(53)56-42-48(5,6)40-47(3,4)41-50(7)8)34-28-22-20-24-30-36-45(52)55-38-32-26-18-16-14-12-10-2/h25-26,31-32,43H,9-24,27-30,33-42H2,1-8H3,(H,49,53). The first-order chi connectivity index (χ1) is 26.8. The molecule has 0 aliphatic carbocycles. The highest BCUT2D eigenvalue weighted by Gasteiger charge is 2.30. The Morgan fingerprint density at radius 3 is 1.48 bits per heavy atom. The molecular formula is C48H90N2O6. The van der Waals surface area contributed by atoms with Crippen molar-refractivity contribution in [2.45, 2.75) is 202 Å². The number of rotatable bonds is 38. The van der Waals surface area contributed by atoms with Crippen molar-refractivity contribution in [2.24, 2.45) is 16.7 Å². The predicted molar refractivity (Wildman–Crippen MR) is 236 cm³/mol. The van der Waals surface area contributed by atoms with Crippen molar-refractivity contribution in [3.63, 3.8) is 0 Å². The summed E-state index contributed by atoms with van der Waals surface area (Å²) in [5.74, 6) is 0.199. The molecular weight excluding hydrogens is 701 g/mol. The van der Waals surface area contributed by atoms with Gasteiger partial charge in [0.1, 0.15) is 13.2 Å². The van der Waals surface area contributed by atoms with Gasteiger partial charge in [0.2, 0.25) is 0 Å². The fourth-order valence-corrected chi connectivity index (χ4v) is 7.79. The monoisotopic (exact) mass is 791 g/mol. The molecule has 0 fully saturated rings. The van der Waals surface area contributed by atoms with Gasteiger partial charge in [0, 0.05) is 25.9 Å². The van der Waals surface area contributed by atoms with Crippen LogP contribution in [0.15, 0.2) is 24.3 Å². The van der Waals surface area contributed by atoms with E-state index < -0.39 is 0 Å². The van der Waals surface area contributed by atoms with Crippen LogP contribution in [0.5, 0.6) is 0 Å². The van der Waals surface area contributed by atoms with E-state index in [2.05, 4.69) is 78.0 Å². The van der Waals surface area contributed by atoms with Gasteiger partial charge in [-0.2, -0.15) is 0 Å². The maximum absolute atomic E-state index is 12.8. The van der Waals surface area contributed by atoms with Gasteiger partial charge in [0.05, 0.1) is 6.61 Å². The summed E-state index contributed by atoms with van der Waals surface area (Å²) in [5, 5.41) is 3.09. The molecule has 8 heteroatoms. The van der Waals surface area contributed by atoms with Crippen molar-refractivity contribution in [2.75, 3.05) is 47.0 Å². The Balaban J connectivity index is 4.54. The number of nitrogens with zero attached hydrogens (tertiary/aromatic N) is 1. The molecule has 0 aliphatic heterocycles. The molecule has 8 nitrogen and oxygen atoms in total. The van der Waals surface area contributed by atoms with Gasteiger partial charge >= 0.3 is 18.0 Å². The second-order valence-corrected chi connectivity index (χ2v) is 18.2. The topological polar surface area (TPSA) is 94.2 Å². The number of nitrogens with one attached hydrogen (secondary N) is 1. The van der Waals surface area contributed by atoms with E-state index in [1.165, 1.54) is 51.4 Å². The zero-order valence-corrected chi connectivity index (χ0v) is 38.0. The fraction of sp³-hybridized carbons (Fsp3) is 0.854. The maximum Gasteiger partial charge on any atom is 0.407 e. The number of carbonyl (C=O) groups excluding carboxylic acids is 3. The SMILES string of the molecule is CCCCCCC=CCOC(=O)CCCCCCCC(CCCCCCCC(=O)OCC=CCCCCCC)CNC(=O)OCC(C)(C)CC(C)(C)CN(C)C. The van der Waals surface area contributed by atoms with E-state index in [0.717, 1.165) is 103 Å². The van der Waals surface area contributed by atoms with E-state index in [4.69, 9.17) is 14.2 Å². The highest BCUT2D eigenvalue weighted by Crippen LogP contribution is 2.34. The molecule has 0 atom stereocenters. The Kier molecular flexibility index (Phi) is 34.3. The van der Waals surface area contributed by atoms with Crippen LogP contribution in [0.2, 0.25) is 0 Å². The third-order valence-corrected chi connectivity index (χ3v) is 10.3. The molecule has 0 radical (unpaired) electrons. The number of carbonyl (C=O) groups is 3. The van der Waals surface area contributed by atoms with Crippen molar-refractivity contribution in [3.8, 4) is 0 Å². The van der Waals surface area contributed by atoms with E-state index in [1.54, 1.807) is 0 Å². The van der Waals surface area contributed by atoms with E-state index in [1.807, 2.05) is 12.2 Å². The lowest BCUT2D eigenvalue weighted by Gasteiger charge is -2.36. The number of ether oxygens (including phenoxy) is 3. The molecule has 0 aliphatic rings. The zero-order valence-electron chi connectivity index (χ0n) is 38.0. The van der Waals surface area contributed by atoms with Crippen molar-refractivity contribution in [1.82, 2.24) is 10.2 Å². The molecule has 1 N–H and O–H groups in total. The molecule has 0 unspecified atom stereocenters. The maximum atomic E-state index is 12.8. The molecule has 0 rings (SSSR count). The molecule has 328 valence electrons. The van der Waals surface area contributed by atoms with E-state index in [0.29, 0.717) is 45.1 Å². The summed E-state index contributed by atoms with van der Waals surface area (Å²) in [6.45, 7) is 16.1. The van der Waals surface area contributed by atoms with Crippen LogP contribution in [0.4, 0.5) is 4.79 Å². The molecule has 0 saturated heterocycles. The number of hydrogen-bond acceptors (Lipinski definition) is 7. The summed E-state index contributed by atoms with van der Waals surface area (Å²) in [5.41, 5.74) is 0.0125. The van der Waals surface area contributed by atoms with Gasteiger partial charge in [-0.3, -0.25) is 9.59 Å². The Morgan fingerprint density at radius 2 is 1.02 bits per heavy atom. The summed E-state index contributed by atoms with van der Waals surface area (Å²) < 4.78 is 16.5. The smallest absolute Gasteiger partial charge is 0.407 e. The first-order valence-electron chi connectivity index (χ1n) is 23.0. The van der Waals surface area contributed by atoms with Crippen LogP contribution in [0.1, 0.15) is 202 Å². The van der Waals surface area contributed by atoms with Crippen LogP contribution in [0, 0.1) is 16.7 Å². The number of unbranched alkanes of at least 4 members (excludes halogenated alkanes) is 16. The number of allylic oxidation sites excluding steroid dienone is 2. The van der Waals surface area contributed by atoms with E-state index in [9.17, 15) is 14.4 Å². The largest absolute Gasteiger partial charge is 0.461 e. The fourth-order valence-electron chi connectivity index (χ4n) is 7.79. The predicted octanol–water partition coefficient (Wildman–Crippen LogP) is 12.9. The van der Waals surface area contributed by atoms with Crippen molar-refractivity contribution >= 4 is 18.0 Å². The molecule has 0 aromatic heterocycles. The van der Waals surface area contributed by atoms with Gasteiger partial charge in [0.25, 0.3) is 0 Å². The molecule has 0 heterocycles. The first-order valence-corrected chi connectivity index (χ1v) is 23.0. The molecule has 0 saturated carbocycles. The molecule has 0 bridgehead atoms. The number of esters is 2. The van der Waals surface area contributed by atoms with Gasteiger partial charge < -0.3 is 24.4 Å². The normalized spacial score (nSPS) is 12.8. The summed E-state index contributed by atoms with van der Waals surface area (Å²) in [4.78, 5) is 39.2. The Labute approximate surface area is 346 Å². The summed E-state index contributed by atoms with van der Waals surface area (Å²) in [7, 11) is 4.20. The summed E-state index contributed by atoms with van der Waals surface area (Å²) in [6, 6.07) is 0. The number of hydrogen-bond donors (Lipinski definition) is 1. The van der Waals surface area contributed by atoms with Crippen LogP contribution >= 0.6 is 0 Å².